The monoisotopic (exact) mass is 294 g/mol. The van der Waals surface area contributed by atoms with Gasteiger partial charge in [-0.25, -0.2) is 0 Å². The van der Waals surface area contributed by atoms with Crippen molar-refractivity contribution in [3.63, 3.8) is 0 Å². The number of ether oxygens (including phenoxy) is 1. The number of nitrogens with zero attached hydrogens (tertiary/aromatic N) is 2. The highest BCUT2D eigenvalue weighted by atomic mass is 16.6. The molecule has 1 aromatic carbocycles. The summed E-state index contributed by atoms with van der Waals surface area (Å²) in [6, 6.07) is 4.35. The van der Waals surface area contributed by atoms with Gasteiger partial charge in [0.05, 0.1) is 17.1 Å². The number of carbonyl (C=O) groups excluding carboxylic acids is 1. The summed E-state index contributed by atoms with van der Waals surface area (Å²) in [5.74, 6) is 4.86. The highest BCUT2D eigenvalue weighted by molar-refractivity contribution is 6.00. The number of nitrogens with two attached hydrogens (primary N) is 1. The van der Waals surface area contributed by atoms with Crippen LogP contribution < -0.4 is 11.3 Å². The van der Waals surface area contributed by atoms with Crippen LogP contribution in [0.3, 0.4) is 0 Å². The van der Waals surface area contributed by atoms with Gasteiger partial charge in [-0.1, -0.05) is 6.07 Å². The molecule has 1 saturated heterocycles. The third-order valence-corrected chi connectivity index (χ3v) is 3.76. The van der Waals surface area contributed by atoms with E-state index >= 15 is 0 Å². The molecule has 0 saturated carbocycles. The highest BCUT2D eigenvalue weighted by Gasteiger charge is 2.34. The Morgan fingerprint density at radius 3 is 2.81 bits per heavy atom. The van der Waals surface area contributed by atoms with Crippen molar-refractivity contribution < 1.29 is 14.5 Å². The van der Waals surface area contributed by atoms with Gasteiger partial charge in [-0.15, -0.1) is 0 Å². The summed E-state index contributed by atoms with van der Waals surface area (Å²) in [7, 11) is 1.63. The second-order valence-corrected chi connectivity index (χ2v) is 4.95. The van der Waals surface area contributed by atoms with Crippen LogP contribution in [0.15, 0.2) is 18.2 Å². The van der Waals surface area contributed by atoms with E-state index in [9.17, 15) is 14.9 Å². The zero-order valence-electron chi connectivity index (χ0n) is 11.9. The maximum atomic E-state index is 12.6. The number of rotatable bonds is 4. The minimum absolute atomic E-state index is 0.0112. The number of hydrazine groups is 1. The number of hydrogen-bond donors (Lipinski definition) is 2. The first-order valence-electron chi connectivity index (χ1n) is 6.60. The number of nitrogen functional groups attached to an aromatic ring is 1. The summed E-state index contributed by atoms with van der Waals surface area (Å²) in [6.07, 6.45) is 0.625. The Bertz CT molecular complexity index is 563. The molecule has 2 rings (SSSR count). The Hall–Kier alpha value is -2.19. The summed E-state index contributed by atoms with van der Waals surface area (Å²) >= 11 is 0. The normalized spacial score (nSPS) is 21.1. The molecule has 21 heavy (non-hydrogen) atoms. The van der Waals surface area contributed by atoms with Crippen molar-refractivity contribution in [2.24, 2.45) is 5.84 Å². The van der Waals surface area contributed by atoms with E-state index in [-0.39, 0.29) is 29.1 Å². The Morgan fingerprint density at radius 2 is 2.29 bits per heavy atom. The number of amides is 1. The van der Waals surface area contributed by atoms with Gasteiger partial charge in [0.25, 0.3) is 5.91 Å². The van der Waals surface area contributed by atoms with Gasteiger partial charge in [0.15, 0.2) is 0 Å². The van der Waals surface area contributed by atoms with Gasteiger partial charge < -0.3 is 15.1 Å². The first-order valence-corrected chi connectivity index (χ1v) is 6.60. The molecule has 0 bridgehead atoms. The lowest BCUT2D eigenvalue weighted by Gasteiger charge is -2.26. The molecular weight excluding hydrogens is 276 g/mol. The number of nitro groups is 1. The zero-order valence-corrected chi connectivity index (χ0v) is 11.9. The van der Waals surface area contributed by atoms with Crippen molar-refractivity contribution in [3.8, 4) is 0 Å². The molecule has 2 unspecified atom stereocenters. The molecule has 1 heterocycles. The third-order valence-electron chi connectivity index (χ3n) is 3.76. The van der Waals surface area contributed by atoms with E-state index in [1.54, 1.807) is 13.1 Å². The van der Waals surface area contributed by atoms with Crippen molar-refractivity contribution >= 4 is 17.3 Å². The summed E-state index contributed by atoms with van der Waals surface area (Å²) in [5.41, 5.74) is 2.05. The standard InChI is InChI=1S/C13H18N4O4/c1-8-11(6-7-21-8)16(2)13(18)9-4-3-5-10(15-14)12(9)17(19)20/h3-5,8,11,15H,6-7,14H2,1-2H3. The summed E-state index contributed by atoms with van der Waals surface area (Å²) in [5, 5.41) is 11.2. The molecule has 1 aliphatic heterocycles. The number of hydrogen-bond acceptors (Lipinski definition) is 6. The van der Waals surface area contributed by atoms with Gasteiger partial charge in [-0.3, -0.25) is 20.8 Å². The zero-order chi connectivity index (χ0) is 15.6. The Kier molecular flexibility index (Phi) is 4.39. The molecule has 114 valence electrons. The lowest BCUT2D eigenvalue weighted by molar-refractivity contribution is -0.384. The Morgan fingerprint density at radius 1 is 1.57 bits per heavy atom. The second kappa shape index (κ2) is 6.06. The molecule has 1 fully saturated rings. The number of nitrogens with one attached hydrogen (secondary N) is 1. The van der Waals surface area contributed by atoms with Crippen LogP contribution in [0.4, 0.5) is 11.4 Å². The van der Waals surface area contributed by atoms with Crippen LogP contribution in [-0.4, -0.2) is 41.5 Å². The smallest absolute Gasteiger partial charge is 0.306 e. The Labute approximate surface area is 122 Å². The molecule has 8 nitrogen and oxygen atoms in total. The third kappa shape index (κ3) is 2.81. The van der Waals surface area contributed by atoms with Crippen LogP contribution in [0, 0.1) is 10.1 Å². The van der Waals surface area contributed by atoms with Gasteiger partial charge in [0.2, 0.25) is 0 Å². The number of benzene rings is 1. The molecule has 1 aliphatic rings. The van der Waals surface area contributed by atoms with E-state index in [1.165, 1.54) is 17.0 Å². The second-order valence-electron chi connectivity index (χ2n) is 4.95. The van der Waals surface area contributed by atoms with E-state index in [1.807, 2.05) is 6.92 Å². The summed E-state index contributed by atoms with van der Waals surface area (Å²) in [6.45, 7) is 2.46. The summed E-state index contributed by atoms with van der Waals surface area (Å²) in [4.78, 5) is 24.7. The minimum Gasteiger partial charge on any atom is -0.376 e. The van der Waals surface area contributed by atoms with Crippen molar-refractivity contribution in [2.45, 2.75) is 25.5 Å². The van der Waals surface area contributed by atoms with Crippen LogP contribution in [0.25, 0.3) is 0 Å². The molecule has 1 amide bonds. The van der Waals surface area contributed by atoms with E-state index in [4.69, 9.17) is 10.6 Å². The molecule has 0 radical (unpaired) electrons. The molecule has 3 N–H and O–H groups in total. The van der Waals surface area contributed by atoms with Crippen LogP contribution in [-0.2, 0) is 4.74 Å². The van der Waals surface area contributed by atoms with E-state index in [0.29, 0.717) is 13.0 Å². The largest absolute Gasteiger partial charge is 0.376 e. The molecule has 2 atom stereocenters. The van der Waals surface area contributed by atoms with Crippen LogP contribution in [0.2, 0.25) is 0 Å². The number of para-hydroxylation sites is 1. The average Bonchev–Trinajstić information content (AvgIpc) is 2.90. The number of likely N-dealkylation sites (N-methyl/N-ethyl adjacent to an activating group) is 1. The molecule has 1 aromatic rings. The number of nitro benzene ring substituents is 1. The van der Waals surface area contributed by atoms with Gasteiger partial charge in [-0.2, -0.15) is 0 Å². The van der Waals surface area contributed by atoms with Gasteiger partial charge in [0, 0.05) is 13.7 Å². The summed E-state index contributed by atoms with van der Waals surface area (Å²) < 4.78 is 5.44. The fraction of sp³-hybridized carbons (Fsp3) is 0.462. The fourth-order valence-corrected chi connectivity index (χ4v) is 2.60. The quantitative estimate of drug-likeness (QED) is 0.489. The molecule has 0 aromatic heterocycles. The SMILES string of the molecule is CC1OCCC1N(C)C(=O)c1cccc(NN)c1[N+](=O)[O-]. The van der Waals surface area contributed by atoms with Gasteiger partial charge in [0.1, 0.15) is 11.3 Å². The highest BCUT2D eigenvalue weighted by Crippen LogP contribution is 2.30. The maximum Gasteiger partial charge on any atom is 0.306 e. The molecule has 0 aliphatic carbocycles. The predicted molar refractivity (Wildman–Crippen MR) is 76.8 cm³/mol. The fourth-order valence-electron chi connectivity index (χ4n) is 2.60. The lowest BCUT2D eigenvalue weighted by atomic mass is 10.1. The molecular formula is C13H18N4O4. The number of anilines is 1. The molecule has 8 heteroatoms. The lowest BCUT2D eigenvalue weighted by Crippen LogP contribution is -2.41. The first-order chi connectivity index (χ1) is 9.97. The minimum atomic E-state index is -0.606. The van der Waals surface area contributed by atoms with Crippen molar-refractivity contribution in [1.82, 2.24) is 4.90 Å². The average molecular weight is 294 g/mol. The van der Waals surface area contributed by atoms with Crippen molar-refractivity contribution in [1.29, 1.82) is 0 Å². The molecule has 0 spiro atoms. The van der Waals surface area contributed by atoms with E-state index < -0.39 is 10.8 Å². The van der Waals surface area contributed by atoms with Crippen molar-refractivity contribution in [3.05, 3.63) is 33.9 Å². The number of carbonyl (C=O) groups is 1. The van der Waals surface area contributed by atoms with E-state index in [2.05, 4.69) is 5.43 Å². The predicted octanol–water partition coefficient (Wildman–Crippen LogP) is 1.13. The van der Waals surface area contributed by atoms with E-state index in [0.717, 1.165) is 0 Å². The maximum absolute atomic E-state index is 12.6. The van der Waals surface area contributed by atoms with Gasteiger partial charge >= 0.3 is 5.69 Å². The Balaban J connectivity index is 2.37. The van der Waals surface area contributed by atoms with Crippen LogP contribution >= 0.6 is 0 Å². The first kappa shape index (κ1) is 15.2. The van der Waals surface area contributed by atoms with Crippen LogP contribution in [0.1, 0.15) is 23.7 Å². The van der Waals surface area contributed by atoms with Gasteiger partial charge in [-0.05, 0) is 25.5 Å². The topological polar surface area (TPSA) is 111 Å². The van der Waals surface area contributed by atoms with Crippen LogP contribution in [0.5, 0.6) is 0 Å². The van der Waals surface area contributed by atoms with Crippen molar-refractivity contribution in [2.75, 3.05) is 19.1 Å².